The van der Waals surface area contributed by atoms with E-state index >= 15 is 0 Å². The van der Waals surface area contributed by atoms with Crippen molar-refractivity contribution in [2.75, 3.05) is 0 Å². The molecule has 1 atom stereocenters. The van der Waals surface area contributed by atoms with Crippen LogP contribution in [0.2, 0.25) is 0 Å². The SMILES string of the molecule is CC(C)Oc1ccc(C2=NC=CC(c3cccc4c3CCC4)S2)cc1C#N. The molecular weight excluding hydrogens is 352 g/mol. The lowest BCUT2D eigenvalue weighted by molar-refractivity contribution is 0.241. The average molecular weight is 375 g/mol. The summed E-state index contributed by atoms with van der Waals surface area (Å²) in [5.74, 6) is 0.630. The quantitative estimate of drug-likeness (QED) is 0.701. The Morgan fingerprint density at radius 3 is 2.93 bits per heavy atom. The van der Waals surface area contributed by atoms with Crippen LogP contribution in [-0.2, 0) is 12.8 Å². The van der Waals surface area contributed by atoms with Crippen LogP contribution in [0, 0.1) is 11.3 Å². The molecule has 1 heterocycles. The Morgan fingerprint density at radius 1 is 1.22 bits per heavy atom. The first kappa shape index (κ1) is 17.9. The second-order valence-electron chi connectivity index (χ2n) is 7.14. The molecule has 2 aromatic carbocycles. The van der Waals surface area contributed by atoms with Crippen molar-refractivity contribution in [1.29, 1.82) is 5.26 Å². The third kappa shape index (κ3) is 3.65. The summed E-state index contributed by atoms with van der Waals surface area (Å²) in [6, 6.07) is 14.7. The van der Waals surface area contributed by atoms with Crippen molar-refractivity contribution in [2.45, 2.75) is 44.5 Å². The number of ether oxygens (including phenoxy) is 1. The maximum absolute atomic E-state index is 9.50. The van der Waals surface area contributed by atoms with E-state index in [1.807, 2.05) is 38.2 Å². The summed E-state index contributed by atoms with van der Waals surface area (Å²) < 4.78 is 5.74. The molecule has 4 rings (SSSR count). The normalized spacial score (nSPS) is 18.1. The van der Waals surface area contributed by atoms with E-state index in [-0.39, 0.29) is 11.4 Å². The zero-order chi connectivity index (χ0) is 18.8. The molecule has 3 nitrogen and oxygen atoms in total. The number of aryl methyl sites for hydroxylation is 1. The van der Waals surface area contributed by atoms with Gasteiger partial charge in [0.2, 0.25) is 0 Å². The van der Waals surface area contributed by atoms with E-state index in [4.69, 9.17) is 4.74 Å². The van der Waals surface area contributed by atoms with Crippen LogP contribution in [0.1, 0.15) is 53.3 Å². The van der Waals surface area contributed by atoms with E-state index in [9.17, 15) is 5.26 Å². The van der Waals surface area contributed by atoms with Crippen LogP contribution < -0.4 is 4.74 Å². The fraction of sp³-hybridized carbons (Fsp3) is 0.304. The minimum atomic E-state index is 0.0387. The van der Waals surface area contributed by atoms with Crippen LogP contribution in [0.5, 0.6) is 5.75 Å². The van der Waals surface area contributed by atoms with Gasteiger partial charge in [-0.15, -0.1) is 0 Å². The van der Waals surface area contributed by atoms with E-state index < -0.39 is 0 Å². The van der Waals surface area contributed by atoms with Gasteiger partial charge in [0, 0.05) is 11.8 Å². The summed E-state index contributed by atoms with van der Waals surface area (Å²) >= 11 is 1.76. The lowest BCUT2D eigenvalue weighted by atomic mass is 10.0. The molecule has 136 valence electrons. The van der Waals surface area contributed by atoms with Gasteiger partial charge in [0.25, 0.3) is 0 Å². The Kier molecular flexibility index (Phi) is 5.05. The average Bonchev–Trinajstić information content (AvgIpc) is 3.17. The third-order valence-electron chi connectivity index (χ3n) is 4.89. The molecule has 0 saturated heterocycles. The van der Waals surface area contributed by atoms with Crippen molar-refractivity contribution in [3.8, 4) is 11.8 Å². The predicted octanol–water partition coefficient (Wildman–Crippen LogP) is 5.58. The maximum atomic E-state index is 9.50. The first-order chi connectivity index (χ1) is 13.2. The van der Waals surface area contributed by atoms with Crippen molar-refractivity contribution in [3.05, 3.63) is 76.5 Å². The van der Waals surface area contributed by atoms with Crippen molar-refractivity contribution < 1.29 is 4.74 Å². The smallest absolute Gasteiger partial charge is 0.137 e. The van der Waals surface area contributed by atoms with Crippen LogP contribution >= 0.6 is 11.8 Å². The van der Waals surface area contributed by atoms with E-state index in [1.54, 1.807) is 11.8 Å². The van der Waals surface area contributed by atoms with Crippen molar-refractivity contribution in [1.82, 2.24) is 0 Å². The molecule has 0 N–H and O–H groups in total. The Balaban J connectivity index is 1.61. The first-order valence-corrected chi connectivity index (χ1v) is 10.3. The number of hydrogen-bond donors (Lipinski definition) is 0. The van der Waals surface area contributed by atoms with Gasteiger partial charge in [-0.05, 0) is 74.1 Å². The number of nitriles is 1. The molecule has 1 aliphatic carbocycles. The molecule has 0 radical (unpaired) electrons. The molecule has 0 aromatic heterocycles. The number of rotatable bonds is 4. The number of fused-ring (bicyclic) bond motifs is 1. The lowest BCUT2D eigenvalue weighted by Gasteiger charge is -2.21. The number of benzene rings is 2. The molecule has 0 amide bonds. The molecule has 2 aliphatic rings. The van der Waals surface area contributed by atoms with Gasteiger partial charge in [-0.3, -0.25) is 0 Å². The largest absolute Gasteiger partial charge is 0.490 e. The number of thioether (sulfide) groups is 1. The van der Waals surface area contributed by atoms with Gasteiger partial charge in [-0.25, -0.2) is 4.99 Å². The summed E-state index contributed by atoms with van der Waals surface area (Å²) in [5, 5.41) is 10.7. The monoisotopic (exact) mass is 374 g/mol. The molecule has 0 saturated carbocycles. The number of aliphatic imine (C=N–C) groups is 1. The topological polar surface area (TPSA) is 45.4 Å². The highest BCUT2D eigenvalue weighted by Crippen LogP contribution is 2.40. The molecule has 2 aromatic rings. The summed E-state index contributed by atoms with van der Waals surface area (Å²) in [6.07, 6.45) is 7.71. The minimum absolute atomic E-state index is 0.0387. The second-order valence-corrected chi connectivity index (χ2v) is 8.27. The molecule has 1 aliphatic heterocycles. The van der Waals surface area contributed by atoms with E-state index in [0.717, 1.165) is 10.6 Å². The standard InChI is InChI=1S/C23H22N2OS/c1-15(2)26-21-10-9-17(13-18(21)14-24)23-25-12-11-22(27-23)20-8-4-6-16-5-3-7-19(16)20/h4,6,8-13,15,22H,3,5,7H2,1-2H3. The van der Waals surface area contributed by atoms with Gasteiger partial charge >= 0.3 is 0 Å². The molecule has 0 fully saturated rings. The van der Waals surface area contributed by atoms with Gasteiger partial charge in [0.1, 0.15) is 16.9 Å². The van der Waals surface area contributed by atoms with Gasteiger partial charge in [0.05, 0.1) is 16.9 Å². The molecule has 1 unspecified atom stereocenters. The Hall–Kier alpha value is -2.51. The molecule has 4 heteroatoms. The predicted molar refractivity (Wildman–Crippen MR) is 111 cm³/mol. The first-order valence-electron chi connectivity index (χ1n) is 9.38. The van der Waals surface area contributed by atoms with Crippen molar-refractivity contribution in [2.24, 2.45) is 4.99 Å². The highest BCUT2D eigenvalue weighted by Gasteiger charge is 2.23. The van der Waals surface area contributed by atoms with Gasteiger partial charge < -0.3 is 4.74 Å². The molecule has 0 bridgehead atoms. The van der Waals surface area contributed by atoms with E-state index in [0.29, 0.717) is 11.3 Å². The van der Waals surface area contributed by atoms with Gasteiger partial charge in [0.15, 0.2) is 0 Å². The molecular formula is C23H22N2OS. The van der Waals surface area contributed by atoms with Crippen LogP contribution in [0.15, 0.2) is 53.7 Å². The summed E-state index contributed by atoms with van der Waals surface area (Å²) in [6.45, 7) is 3.92. The fourth-order valence-corrected chi connectivity index (χ4v) is 4.83. The van der Waals surface area contributed by atoms with Crippen molar-refractivity contribution >= 4 is 16.8 Å². The van der Waals surface area contributed by atoms with Gasteiger partial charge in [-0.2, -0.15) is 5.26 Å². The maximum Gasteiger partial charge on any atom is 0.137 e. The van der Waals surface area contributed by atoms with Crippen LogP contribution in [0.3, 0.4) is 0 Å². The summed E-state index contributed by atoms with van der Waals surface area (Å²) in [7, 11) is 0. The van der Waals surface area contributed by atoms with E-state index in [1.165, 1.54) is 36.0 Å². The fourth-order valence-electron chi connectivity index (χ4n) is 3.71. The third-order valence-corrected chi connectivity index (χ3v) is 6.12. The molecule has 0 spiro atoms. The Labute approximate surface area is 164 Å². The van der Waals surface area contributed by atoms with Crippen LogP contribution in [0.25, 0.3) is 0 Å². The Morgan fingerprint density at radius 2 is 2.11 bits per heavy atom. The van der Waals surface area contributed by atoms with Crippen LogP contribution in [0.4, 0.5) is 0 Å². The van der Waals surface area contributed by atoms with Crippen molar-refractivity contribution in [3.63, 3.8) is 0 Å². The lowest BCUT2D eigenvalue weighted by Crippen LogP contribution is -2.09. The highest BCUT2D eigenvalue weighted by atomic mass is 32.2. The summed E-state index contributed by atoms with van der Waals surface area (Å²) in [4.78, 5) is 4.58. The highest BCUT2D eigenvalue weighted by molar-refractivity contribution is 8.14. The molecule has 27 heavy (non-hydrogen) atoms. The van der Waals surface area contributed by atoms with Crippen LogP contribution in [-0.4, -0.2) is 11.1 Å². The minimum Gasteiger partial charge on any atom is -0.490 e. The summed E-state index contributed by atoms with van der Waals surface area (Å²) in [5.41, 5.74) is 5.93. The number of nitrogens with zero attached hydrogens (tertiary/aromatic N) is 2. The Bertz CT molecular complexity index is 969. The van der Waals surface area contributed by atoms with E-state index in [2.05, 4.69) is 35.3 Å². The van der Waals surface area contributed by atoms with Gasteiger partial charge in [-0.1, -0.05) is 30.0 Å². The zero-order valence-electron chi connectivity index (χ0n) is 15.6. The number of hydrogen-bond acceptors (Lipinski definition) is 4. The zero-order valence-corrected chi connectivity index (χ0v) is 16.4. The second kappa shape index (κ2) is 7.62.